The van der Waals surface area contributed by atoms with Gasteiger partial charge >= 0.3 is 5.97 Å². The summed E-state index contributed by atoms with van der Waals surface area (Å²) in [5.41, 5.74) is 1.12. The number of rotatable bonds is 2. The molecule has 1 aromatic rings. The second kappa shape index (κ2) is 4.65. The zero-order chi connectivity index (χ0) is 12.3. The van der Waals surface area contributed by atoms with Gasteiger partial charge in [-0.15, -0.1) is 0 Å². The lowest BCUT2D eigenvalue weighted by molar-refractivity contribution is -0.137. The second-order valence-electron chi connectivity index (χ2n) is 3.60. The number of hydrogen-bond donors (Lipinski definition) is 2. The number of nitrogens with zero attached hydrogens (tertiary/aromatic N) is 1. The minimum Gasteiger partial charge on any atom is -0.507 e. The molecule has 0 saturated heterocycles. The highest BCUT2D eigenvalue weighted by molar-refractivity contribution is 5.88. The van der Waals surface area contributed by atoms with Gasteiger partial charge in [0, 0.05) is 11.8 Å². The van der Waals surface area contributed by atoms with Crippen molar-refractivity contribution in [1.82, 2.24) is 0 Å². The highest BCUT2D eigenvalue weighted by atomic mass is 16.4. The Morgan fingerprint density at radius 2 is 2.12 bits per heavy atom. The molecule has 86 valence electrons. The minimum atomic E-state index is -1.01. The van der Waals surface area contributed by atoms with E-state index < -0.39 is 12.0 Å². The molecule has 0 radical (unpaired) electrons. The summed E-state index contributed by atoms with van der Waals surface area (Å²) < 4.78 is 0. The number of aliphatic carboxylic acids is 1. The van der Waals surface area contributed by atoms with Crippen LogP contribution in [-0.2, 0) is 4.79 Å². The number of benzene rings is 1. The van der Waals surface area contributed by atoms with Crippen LogP contribution in [0.2, 0.25) is 0 Å². The van der Waals surface area contributed by atoms with E-state index in [4.69, 9.17) is 5.11 Å². The lowest BCUT2D eigenvalue weighted by Gasteiger charge is -2.12. The van der Waals surface area contributed by atoms with E-state index in [1.807, 2.05) is 0 Å². The summed E-state index contributed by atoms with van der Waals surface area (Å²) in [7, 11) is 0. The number of aliphatic imine (C=N–C) groups is 1. The second-order valence-corrected chi connectivity index (χ2v) is 3.60. The molecule has 2 rings (SSSR count). The molecule has 0 aromatic heterocycles. The molecular formula is C13H11NO3. The molecule has 0 saturated carbocycles. The molecule has 1 aromatic carbocycles. The molecule has 0 bridgehead atoms. The van der Waals surface area contributed by atoms with E-state index in [2.05, 4.69) is 4.99 Å². The molecule has 1 atom stereocenters. The monoisotopic (exact) mass is 229 g/mol. The SMILES string of the molecule is O=C(O)C1N=CC=CC1=Cc1ccccc1O. The third kappa shape index (κ3) is 2.42. The quantitative estimate of drug-likeness (QED) is 0.813. The summed E-state index contributed by atoms with van der Waals surface area (Å²) in [4.78, 5) is 14.9. The Labute approximate surface area is 98.2 Å². The molecule has 2 N–H and O–H groups in total. The highest BCUT2D eigenvalue weighted by Crippen LogP contribution is 2.22. The predicted octanol–water partition coefficient (Wildman–Crippen LogP) is 1.87. The van der Waals surface area contributed by atoms with Crippen LogP contribution in [0, 0.1) is 0 Å². The van der Waals surface area contributed by atoms with Gasteiger partial charge < -0.3 is 10.2 Å². The number of carboxylic acid groups (broad SMARTS) is 1. The van der Waals surface area contributed by atoms with Crippen molar-refractivity contribution in [3.63, 3.8) is 0 Å². The number of para-hydroxylation sites is 1. The van der Waals surface area contributed by atoms with Crippen molar-refractivity contribution in [3.8, 4) is 5.75 Å². The van der Waals surface area contributed by atoms with Crippen LogP contribution in [0.1, 0.15) is 5.56 Å². The van der Waals surface area contributed by atoms with Gasteiger partial charge in [-0.05, 0) is 23.8 Å². The van der Waals surface area contributed by atoms with E-state index in [1.165, 1.54) is 6.21 Å². The van der Waals surface area contributed by atoms with Crippen molar-refractivity contribution in [3.05, 3.63) is 47.6 Å². The molecule has 0 fully saturated rings. The van der Waals surface area contributed by atoms with E-state index in [0.29, 0.717) is 11.1 Å². The number of carboxylic acids is 1. The fourth-order valence-corrected chi connectivity index (χ4v) is 1.59. The molecule has 0 amide bonds. The molecule has 1 aliphatic heterocycles. The molecule has 1 unspecified atom stereocenters. The Morgan fingerprint density at radius 3 is 2.82 bits per heavy atom. The molecule has 1 heterocycles. The molecule has 1 aliphatic rings. The van der Waals surface area contributed by atoms with Gasteiger partial charge in [0.1, 0.15) is 5.75 Å². The first-order valence-electron chi connectivity index (χ1n) is 5.11. The number of hydrogen-bond acceptors (Lipinski definition) is 3. The van der Waals surface area contributed by atoms with Crippen molar-refractivity contribution >= 4 is 18.3 Å². The molecule has 4 heteroatoms. The lowest BCUT2D eigenvalue weighted by atomic mass is 10.0. The van der Waals surface area contributed by atoms with Gasteiger partial charge in [0.25, 0.3) is 0 Å². The summed E-state index contributed by atoms with van der Waals surface area (Å²) in [6.07, 6.45) is 6.44. The van der Waals surface area contributed by atoms with Crippen molar-refractivity contribution in [2.24, 2.45) is 4.99 Å². The maximum absolute atomic E-state index is 11.0. The Balaban J connectivity index is 2.39. The van der Waals surface area contributed by atoms with Gasteiger partial charge in [-0.2, -0.15) is 0 Å². The average molecular weight is 229 g/mol. The van der Waals surface area contributed by atoms with Gasteiger partial charge in [-0.1, -0.05) is 24.3 Å². The fraction of sp³-hybridized carbons (Fsp3) is 0.0769. The number of allylic oxidation sites excluding steroid dienone is 1. The Hall–Kier alpha value is -2.36. The van der Waals surface area contributed by atoms with Gasteiger partial charge in [0.05, 0.1) is 0 Å². The van der Waals surface area contributed by atoms with Crippen LogP contribution in [0.15, 0.2) is 47.0 Å². The summed E-state index contributed by atoms with van der Waals surface area (Å²) in [5, 5.41) is 18.6. The van der Waals surface area contributed by atoms with Crippen LogP contribution in [0.4, 0.5) is 0 Å². The van der Waals surface area contributed by atoms with Crippen LogP contribution in [-0.4, -0.2) is 28.4 Å². The van der Waals surface area contributed by atoms with Crippen molar-refractivity contribution in [1.29, 1.82) is 0 Å². The van der Waals surface area contributed by atoms with E-state index in [0.717, 1.165) is 0 Å². The summed E-state index contributed by atoms with van der Waals surface area (Å²) in [5.74, 6) is -0.889. The van der Waals surface area contributed by atoms with E-state index in [9.17, 15) is 9.90 Å². The number of carbonyl (C=O) groups is 1. The van der Waals surface area contributed by atoms with Crippen LogP contribution < -0.4 is 0 Å². The maximum atomic E-state index is 11.0. The van der Waals surface area contributed by atoms with Gasteiger partial charge in [0.15, 0.2) is 6.04 Å². The first kappa shape index (κ1) is 11.1. The third-order valence-electron chi connectivity index (χ3n) is 2.42. The number of phenols is 1. The molecule has 4 nitrogen and oxygen atoms in total. The highest BCUT2D eigenvalue weighted by Gasteiger charge is 2.20. The average Bonchev–Trinajstić information content (AvgIpc) is 2.32. The fourth-order valence-electron chi connectivity index (χ4n) is 1.59. The first-order chi connectivity index (χ1) is 8.18. The van der Waals surface area contributed by atoms with Crippen LogP contribution in [0.25, 0.3) is 6.08 Å². The topological polar surface area (TPSA) is 69.9 Å². The van der Waals surface area contributed by atoms with Crippen molar-refractivity contribution in [2.45, 2.75) is 6.04 Å². The third-order valence-corrected chi connectivity index (χ3v) is 2.42. The zero-order valence-corrected chi connectivity index (χ0v) is 8.95. The zero-order valence-electron chi connectivity index (χ0n) is 8.95. The van der Waals surface area contributed by atoms with E-state index >= 15 is 0 Å². The Kier molecular flexibility index (Phi) is 3.05. The summed E-state index contributed by atoms with van der Waals surface area (Å²) in [6.45, 7) is 0. The standard InChI is InChI=1S/C13H11NO3/c15-11-6-2-1-4-9(11)8-10-5-3-7-14-12(10)13(16)17/h1-8,12,15H,(H,16,17). The van der Waals surface area contributed by atoms with Crippen LogP contribution in [0.3, 0.4) is 0 Å². The van der Waals surface area contributed by atoms with Gasteiger partial charge in [-0.25, -0.2) is 4.79 Å². The normalized spacial score (nSPS) is 20.7. The Morgan fingerprint density at radius 1 is 1.35 bits per heavy atom. The molecular weight excluding hydrogens is 218 g/mol. The molecule has 17 heavy (non-hydrogen) atoms. The largest absolute Gasteiger partial charge is 0.507 e. The Bertz CT molecular complexity index is 529. The molecule has 0 aliphatic carbocycles. The smallest absolute Gasteiger partial charge is 0.333 e. The number of aromatic hydroxyl groups is 1. The number of phenolic OH excluding ortho intramolecular Hbond substituents is 1. The lowest BCUT2D eigenvalue weighted by Crippen LogP contribution is -2.21. The van der Waals surface area contributed by atoms with Crippen LogP contribution in [0.5, 0.6) is 5.75 Å². The minimum absolute atomic E-state index is 0.118. The first-order valence-corrected chi connectivity index (χ1v) is 5.11. The predicted molar refractivity (Wildman–Crippen MR) is 65.1 cm³/mol. The van der Waals surface area contributed by atoms with Gasteiger partial charge in [0.2, 0.25) is 0 Å². The van der Waals surface area contributed by atoms with Crippen molar-refractivity contribution < 1.29 is 15.0 Å². The maximum Gasteiger partial charge on any atom is 0.333 e. The number of dihydropyridines is 1. The summed E-state index contributed by atoms with van der Waals surface area (Å²) in [6, 6.07) is 5.85. The summed E-state index contributed by atoms with van der Waals surface area (Å²) >= 11 is 0. The van der Waals surface area contributed by atoms with Crippen molar-refractivity contribution in [2.75, 3.05) is 0 Å². The van der Waals surface area contributed by atoms with Crippen LogP contribution >= 0.6 is 0 Å². The molecule has 0 spiro atoms. The van der Waals surface area contributed by atoms with Gasteiger partial charge in [-0.3, -0.25) is 4.99 Å². The van der Waals surface area contributed by atoms with E-state index in [1.54, 1.807) is 42.5 Å². The van der Waals surface area contributed by atoms with E-state index in [-0.39, 0.29) is 5.75 Å².